The molecule has 1 N–H and O–H groups in total. The number of rotatable bonds is 3. The van der Waals surface area contributed by atoms with E-state index in [4.69, 9.17) is 4.99 Å². The molecule has 1 aromatic carbocycles. The zero-order valence-electron chi connectivity index (χ0n) is 16.4. The number of hydrogen-bond donors (Lipinski definition) is 1. The average molecular weight is 351 g/mol. The van der Waals surface area contributed by atoms with Crippen LogP contribution in [0, 0.1) is 6.92 Å². The molecule has 0 spiro atoms. The van der Waals surface area contributed by atoms with Crippen molar-refractivity contribution in [2.24, 2.45) is 4.99 Å². The van der Waals surface area contributed by atoms with Gasteiger partial charge < -0.3 is 15.1 Å². The van der Waals surface area contributed by atoms with E-state index in [-0.39, 0.29) is 0 Å². The SMILES string of the molecule is C=C/C(C)=C1/NC(c2ccccc2C)=CC(=NC2CCN(C)CC2)N1C. The first-order valence-corrected chi connectivity index (χ1v) is 9.37. The van der Waals surface area contributed by atoms with E-state index < -0.39 is 0 Å². The third kappa shape index (κ3) is 3.91. The van der Waals surface area contributed by atoms with Crippen LogP contribution in [0.1, 0.15) is 30.9 Å². The average Bonchev–Trinajstić information content (AvgIpc) is 2.65. The summed E-state index contributed by atoms with van der Waals surface area (Å²) in [5.41, 5.74) is 4.68. The molecule has 0 unspecified atom stereocenters. The lowest BCUT2D eigenvalue weighted by atomic mass is 10.0. The molecular formula is C22H30N4. The number of amidine groups is 1. The molecule has 0 aliphatic carbocycles. The largest absolute Gasteiger partial charge is 0.341 e. The number of likely N-dealkylation sites (tertiary alicyclic amines) is 1. The zero-order chi connectivity index (χ0) is 18.7. The van der Waals surface area contributed by atoms with Crippen LogP contribution in [0.5, 0.6) is 0 Å². The maximum Gasteiger partial charge on any atom is 0.131 e. The predicted octanol–water partition coefficient (Wildman–Crippen LogP) is 3.78. The highest BCUT2D eigenvalue weighted by Crippen LogP contribution is 2.25. The van der Waals surface area contributed by atoms with Gasteiger partial charge in [-0.1, -0.05) is 36.9 Å². The Hall–Kier alpha value is -2.33. The number of aryl methyl sites for hydroxylation is 1. The summed E-state index contributed by atoms with van der Waals surface area (Å²) in [7, 11) is 4.26. The summed E-state index contributed by atoms with van der Waals surface area (Å²) in [6, 6.07) is 8.86. The molecule has 0 radical (unpaired) electrons. The van der Waals surface area contributed by atoms with Crippen molar-refractivity contribution in [1.29, 1.82) is 0 Å². The van der Waals surface area contributed by atoms with Crippen molar-refractivity contribution < 1.29 is 0 Å². The first-order chi connectivity index (χ1) is 12.5. The quantitative estimate of drug-likeness (QED) is 0.900. The Morgan fingerprint density at radius 3 is 2.58 bits per heavy atom. The Labute approximate surface area is 157 Å². The van der Waals surface area contributed by atoms with Gasteiger partial charge in [-0.15, -0.1) is 0 Å². The molecule has 2 aliphatic heterocycles. The second-order valence-electron chi connectivity index (χ2n) is 7.31. The monoisotopic (exact) mass is 350 g/mol. The second kappa shape index (κ2) is 7.92. The van der Waals surface area contributed by atoms with Crippen LogP contribution < -0.4 is 5.32 Å². The van der Waals surface area contributed by atoms with Crippen LogP contribution in [0.25, 0.3) is 5.70 Å². The lowest BCUT2D eigenvalue weighted by Gasteiger charge is -2.33. The van der Waals surface area contributed by atoms with Gasteiger partial charge in [0.25, 0.3) is 0 Å². The molecule has 1 fully saturated rings. The molecule has 4 heteroatoms. The van der Waals surface area contributed by atoms with E-state index in [0.717, 1.165) is 48.9 Å². The normalized spacial score (nSPS) is 22.8. The lowest BCUT2D eigenvalue weighted by Crippen LogP contribution is -2.39. The highest BCUT2D eigenvalue weighted by Gasteiger charge is 2.23. The van der Waals surface area contributed by atoms with E-state index in [1.54, 1.807) is 0 Å². The fraction of sp³-hybridized carbons (Fsp3) is 0.409. The molecular weight excluding hydrogens is 320 g/mol. The van der Waals surface area contributed by atoms with Gasteiger partial charge in [-0.05, 0) is 58.0 Å². The van der Waals surface area contributed by atoms with Gasteiger partial charge in [0.05, 0.1) is 11.7 Å². The van der Waals surface area contributed by atoms with Crippen molar-refractivity contribution in [1.82, 2.24) is 15.1 Å². The Morgan fingerprint density at radius 2 is 1.92 bits per heavy atom. The van der Waals surface area contributed by atoms with Crippen LogP contribution in [0.4, 0.5) is 0 Å². The zero-order valence-corrected chi connectivity index (χ0v) is 16.4. The Bertz CT molecular complexity index is 764. The number of allylic oxidation sites excluding steroid dienone is 2. The van der Waals surface area contributed by atoms with Crippen molar-refractivity contribution in [3.05, 3.63) is 65.5 Å². The highest BCUT2D eigenvalue weighted by molar-refractivity contribution is 6.02. The summed E-state index contributed by atoms with van der Waals surface area (Å²) < 4.78 is 0. The highest BCUT2D eigenvalue weighted by atomic mass is 15.3. The van der Waals surface area contributed by atoms with Crippen LogP contribution in [0.3, 0.4) is 0 Å². The van der Waals surface area contributed by atoms with Crippen molar-refractivity contribution in [3.63, 3.8) is 0 Å². The van der Waals surface area contributed by atoms with E-state index in [1.165, 1.54) is 11.1 Å². The molecule has 2 aliphatic rings. The minimum absolute atomic E-state index is 0.390. The molecule has 0 saturated carbocycles. The van der Waals surface area contributed by atoms with Gasteiger partial charge in [0, 0.05) is 18.7 Å². The van der Waals surface area contributed by atoms with Crippen molar-refractivity contribution in [2.75, 3.05) is 27.2 Å². The molecule has 26 heavy (non-hydrogen) atoms. The molecule has 0 atom stereocenters. The van der Waals surface area contributed by atoms with E-state index in [0.29, 0.717) is 6.04 Å². The van der Waals surface area contributed by atoms with Gasteiger partial charge in [0.2, 0.25) is 0 Å². The minimum atomic E-state index is 0.390. The number of hydrogen-bond acceptors (Lipinski definition) is 3. The topological polar surface area (TPSA) is 30.9 Å². The van der Waals surface area contributed by atoms with Crippen LogP contribution in [-0.4, -0.2) is 48.9 Å². The van der Waals surface area contributed by atoms with Gasteiger partial charge in [0.15, 0.2) is 0 Å². The number of likely N-dealkylation sites (N-methyl/N-ethyl adjacent to an activating group) is 1. The second-order valence-corrected chi connectivity index (χ2v) is 7.31. The molecule has 138 valence electrons. The lowest BCUT2D eigenvalue weighted by molar-refractivity contribution is 0.256. The van der Waals surface area contributed by atoms with Crippen molar-refractivity contribution in [2.45, 2.75) is 32.7 Å². The summed E-state index contributed by atoms with van der Waals surface area (Å²) in [6.45, 7) is 10.4. The number of benzene rings is 1. The fourth-order valence-electron chi connectivity index (χ4n) is 3.50. The van der Waals surface area contributed by atoms with Gasteiger partial charge in [-0.25, -0.2) is 0 Å². The van der Waals surface area contributed by atoms with Crippen LogP contribution in [0.2, 0.25) is 0 Å². The van der Waals surface area contributed by atoms with E-state index in [2.05, 4.69) is 80.0 Å². The van der Waals surface area contributed by atoms with E-state index >= 15 is 0 Å². The molecule has 1 aromatic rings. The molecule has 2 heterocycles. The maximum absolute atomic E-state index is 5.11. The minimum Gasteiger partial charge on any atom is -0.341 e. The van der Waals surface area contributed by atoms with Gasteiger partial charge in [-0.3, -0.25) is 4.99 Å². The molecule has 0 aromatic heterocycles. The third-order valence-electron chi connectivity index (χ3n) is 5.32. The summed E-state index contributed by atoms with van der Waals surface area (Å²) in [5, 5.41) is 3.59. The Kier molecular flexibility index (Phi) is 5.62. The molecule has 0 amide bonds. The Morgan fingerprint density at radius 1 is 1.23 bits per heavy atom. The number of nitrogens with zero attached hydrogens (tertiary/aromatic N) is 3. The van der Waals surface area contributed by atoms with Gasteiger partial charge in [0.1, 0.15) is 11.7 Å². The summed E-state index contributed by atoms with van der Waals surface area (Å²) >= 11 is 0. The summed E-state index contributed by atoms with van der Waals surface area (Å²) in [4.78, 5) is 9.64. The number of nitrogens with one attached hydrogen (secondary N) is 1. The van der Waals surface area contributed by atoms with Gasteiger partial charge >= 0.3 is 0 Å². The predicted molar refractivity (Wildman–Crippen MR) is 111 cm³/mol. The standard InChI is InChI=1S/C22H30N4/c1-6-16(2)22-24-20(19-10-8-7-9-17(19)3)15-21(26(22)5)23-18-11-13-25(4)14-12-18/h6-10,15,18,24H,1,11-14H2,2-5H3/b22-16-,23-21?. The third-order valence-corrected chi connectivity index (χ3v) is 5.32. The van der Waals surface area contributed by atoms with E-state index in [9.17, 15) is 0 Å². The first-order valence-electron chi connectivity index (χ1n) is 9.37. The molecule has 1 saturated heterocycles. The summed E-state index contributed by atoms with van der Waals surface area (Å²) in [5.74, 6) is 2.07. The van der Waals surface area contributed by atoms with Crippen molar-refractivity contribution >= 4 is 11.5 Å². The van der Waals surface area contributed by atoms with E-state index in [1.807, 2.05) is 6.08 Å². The summed E-state index contributed by atoms with van der Waals surface area (Å²) in [6.07, 6.45) is 6.32. The molecule has 4 nitrogen and oxygen atoms in total. The fourth-order valence-corrected chi connectivity index (χ4v) is 3.50. The number of aliphatic imine (C=N–C) groups is 1. The Balaban J connectivity index is 2.01. The van der Waals surface area contributed by atoms with Gasteiger partial charge in [-0.2, -0.15) is 0 Å². The number of piperidine rings is 1. The molecule has 0 bridgehead atoms. The smallest absolute Gasteiger partial charge is 0.131 e. The maximum atomic E-state index is 5.11. The van der Waals surface area contributed by atoms with Crippen LogP contribution >= 0.6 is 0 Å². The van der Waals surface area contributed by atoms with Crippen LogP contribution in [-0.2, 0) is 0 Å². The first kappa shape index (κ1) is 18.5. The van der Waals surface area contributed by atoms with Crippen LogP contribution in [0.15, 0.2) is 59.4 Å². The van der Waals surface area contributed by atoms with Crippen molar-refractivity contribution in [3.8, 4) is 0 Å². The molecule has 3 rings (SSSR count).